The van der Waals surface area contributed by atoms with E-state index in [0.717, 1.165) is 29.1 Å². The molecule has 1 aromatic carbocycles. The first kappa shape index (κ1) is 13.0. The van der Waals surface area contributed by atoms with E-state index in [1.165, 1.54) is 0 Å². The van der Waals surface area contributed by atoms with Crippen LogP contribution in [-0.4, -0.2) is 27.1 Å². The van der Waals surface area contributed by atoms with E-state index in [1.54, 1.807) is 0 Å². The van der Waals surface area contributed by atoms with Gasteiger partial charge in [-0.05, 0) is 18.2 Å². The molecule has 0 radical (unpaired) electrons. The molecule has 0 fully saturated rings. The van der Waals surface area contributed by atoms with Crippen LogP contribution in [0.3, 0.4) is 0 Å². The molecule has 7 heteroatoms. The van der Waals surface area contributed by atoms with Crippen LogP contribution >= 0.6 is 15.9 Å². The van der Waals surface area contributed by atoms with Crippen molar-refractivity contribution in [1.82, 2.24) is 9.55 Å². The molecule has 6 nitrogen and oxygen atoms in total. The lowest BCUT2D eigenvalue weighted by Crippen LogP contribution is -2.35. The normalized spacial score (nSPS) is 15.2. The van der Waals surface area contributed by atoms with Crippen LogP contribution in [0, 0.1) is 0 Å². The predicted molar refractivity (Wildman–Crippen MR) is 79.9 cm³/mol. The lowest BCUT2D eigenvalue weighted by atomic mass is 10.1. The van der Waals surface area contributed by atoms with Gasteiger partial charge in [0.1, 0.15) is 5.82 Å². The van der Waals surface area contributed by atoms with Gasteiger partial charge >= 0.3 is 0 Å². The molecular weight excluding hydrogens is 322 g/mol. The Morgan fingerprint density at radius 2 is 2.25 bits per heavy atom. The monoisotopic (exact) mass is 335 g/mol. The highest BCUT2D eigenvalue weighted by molar-refractivity contribution is 9.10. The van der Waals surface area contributed by atoms with Gasteiger partial charge < -0.3 is 20.4 Å². The van der Waals surface area contributed by atoms with Gasteiger partial charge in [0, 0.05) is 41.2 Å². The third-order valence-electron chi connectivity index (χ3n) is 3.43. The lowest BCUT2D eigenvalue weighted by molar-refractivity contribution is 0.318. The Morgan fingerprint density at radius 1 is 1.40 bits per heavy atom. The number of hydrogen-bond donors (Lipinski definition) is 2. The number of hydrogen-bond acceptors (Lipinski definition) is 4. The van der Waals surface area contributed by atoms with Crippen LogP contribution < -0.4 is 10.6 Å². The highest BCUT2D eigenvalue weighted by Crippen LogP contribution is 2.27. The molecule has 0 saturated heterocycles. The summed E-state index contributed by atoms with van der Waals surface area (Å²) in [4.78, 5) is 6.53. The number of amidine groups is 1. The molecule has 3 N–H and O–H groups in total. The molecule has 0 unspecified atom stereocenters. The van der Waals surface area contributed by atoms with Crippen molar-refractivity contribution in [2.45, 2.75) is 13.1 Å². The van der Waals surface area contributed by atoms with Crippen LogP contribution in [0.4, 0.5) is 5.69 Å². The van der Waals surface area contributed by atoms with Crippen molar-refractivity contribution in [2.75, 3.05) is 11.4 Å². The Kier molecular flexibility index (Phi) is 3.35. The van der Waals surface area contributed by atoms with Crippen molar-refractivity contribution in [1.29, 1.82) is 0 Å². The summed E-state index contributed by atoms with van der Waals surface area (Å²) in [6.45, 7) is 2.44. The molecule has 2 aromatic rings. The molecule has 3 rings (SSSR count). The van der Waals surface area contributed by atoms with Gasteiger partial charge in [0.05, 0.1) is 6.54 Å². The summed E-state index contributed by atoms with van der Waals surface area (Å²) in [5.74, 6) is 1.12. The number of nitrogens with two attached hydrogens (primary N) is 1. The highest BCUT2D eigenvalue weighted by atomic mass is 79.9. The fraction of sp³-hybridized carbons (Fsp3) is 0.231. The van der Waals surface area contributed by atoms with Crippen molar-refractivity contribution in [3.8, 4) is 0 Å². The highest BCUT2D eigenvalue weighted by Gasteiger charge is 2.20. The zero-order chi connectivity index (χ0) is 14.1. The minimum Gasteiger partial charge on any atom is -0.409 e. The maximum Gasteiger partial charge on any atom is 0.172 e. The minimum atomic E-state index is 0.107. The Morgan fingerprint density at radius 3 is 3.05 bits per heavy atom. The first-order valence-electron chi connectivity index (χ1n) is 6.21. The van der Waals surface area contributed by atoms with E-state index in [0.29, 0.717) is 12.1 Å². The smallest absolute Gasteiger partial charge is 0.172 e. The second-order valence-corrected chi connectivity index (χ2v) is 5.52. The van der Waals surface area contributed by atoms with Crippen LogP contribution in [0.15, 0.2) is 40.2 Å². The summed E-state index contributed by atoms with van der Waals surface area (Å²) in [7, 11) is 0. The SMILES string of the molecule is N/C(=N/O)c1cc(Br)ccc1N1CCn2ccnc2C1. The molecule has 0 bridgehead atoms. The Bertz CT molecular complexity index is 667. The molecule has 0 amide bonds. The van der Waals surface area contributed by atoms with Crippen molar-refractivity contribution in [3.63, 3.8) is 0 Å². The van der Waals surface area contributed by atoms with Crippen molar-refractivity contribution >= 4 is 27.5 Å². The van der Waals surface area contributed by atoms with Crippen LogP contribution in [0.5, 0.6) is 0 Å². The van der Waals surface area contributed by atoms with Crippen molar-refractivity contribution < 1.29 is 5.21 Å². The van der Waals surface area contributed by atoms with Gasteiger partial charge in [0.25, 0.3) is 0 Å². The molecule has 0 atom stereocenters. The fourth-order valence-corrected chi connectivity index (χ4v) is 2.78. The van der Waals surface area contributed by atoms with Crippen molar-refractivity contribution in [3.05, 3.63) is 46.5 Å². The molecule has 0 spiro atoms. The third-order valence-corrected chi connectivity index (χ3v) is 3.92. The number of nitrogens with zero attached hydrogens (tertiary/aromatic N) is 4. The van der Waals surface area contributed by atoms with Crippen LogP contribution in [-0.2, 0) is 13.1 Å². The zero-order valence-corrected chi connectivity index (χ0v) is 12.3. The van der Waals surface area contributed by atoms with E-state index in [-0.39, 0.29) is 5.84 Å². The number of imidazole rings is 1. The van der Waals surface area contributed by atoms with Crippen LogP contribution in [0.25, 0.3) is 0 Å². The number of fused-ring (bicyclic) bond motifs is 1. The van der Waals surface area contributed by atoms with E-state index in [4.69, 9.17) is 10.9 Å². The summed E-state index contributed by atoms with van der Waals surface area (Å²) in [5.41, 5.74) is 7.43. The summed E-state index contributed by atoms with van der Waals surface area (Å²) in [6.07, 6.45) is 3.80. The van der Waals surface area contributed by atoms with Gasteiger partial charge in [-0.25, -0.2) is 4.98 Å². The van der Waals surface area contributed by atoms with Gasteiger partial charge in [-0.1, -0.05) is 21.1 Å². The molecule has 20 heavy (non-hydrogen) atoms. The van der Waals surface area contributed by atoms with Crippen LogP contribution in [0.2, 0.25) is 0 Å². The van der Waals surface area contributed by atoms with E-state index < -0.39 is 0 Å². The maximum atomic E-state index is 8.94. The largest absolute Gasteiger partial charge is 0.409 e. The summed E-state index contributed by atoms with van der Waals surface area (Å²) >= 11 is 3.41. The minimum absolute atomic E-state index is 0.107. The molecular formula is C13H14BrN5O. The fourth-order valence-electron chi connectivity index (χ4n) is 2.42. The summed E-state index contributed by atoms with van der Waals surface area (Å²) in [5, 5.41) is 12.1. The van der Waals surface area contributed by atoms with Gasteiger partial charge in [0.15, 0.2) is 5.84 Å². The molecule has 1 aliphatic rings. The first-order chi connectivity index (χ1) is 9.69. The average molecular weight is 336 g/mol. The second-order valence-electron chi connectivity index (χ2n) is 4.61. The number of aromatic nitrogens is 2. The van der Waals surface area contributed by atoms with Gasteiger partial charge in [-0.2, -0.15) is 0 Å². The molecule has 2 heterocycles. The first-order valence-corrected chi connectivity index (χ1v) is 7.01. The summed E-state index contributed by atoms with van der Waals surface area (Å²) < 4.78 is 3.03. The standard InChI is InChI=1S/C13H14BrN5O/c14-9-1-2-11(10(7-9)13(15)17-20)19-6-5-18-4-3-16-12(18)8-19/h1-4,7,20H,5-6,8H2,(H2,15,17). The number of halogens is 1. The quantitative estimate of drug-likeness (QED) is 0.379. The van der Waals surface area contributed by atoms with E-state index in [2.05, 4.69) is 35.5 Å². The Hall–Kier alpha value is -2.02. The van der Waals surface area contributed by atoms with Gasteiger partial charge in [0.2, 0.25) is 0 Å². The number of rotatable bonds is 2. The molecule has 0 aliphatic carbocycles. The van der Waals surface area contributed by atoms with Gasteiger partial charge in [-0.15, -0.1) is 0 Å². The average Bonchev–Trinajstić information content (AvgIpc) is 2.93. The number of anilines is 1. The van der Waals surface area contributed by atoms with Crippen LogP contribution in [0.1, 0.15) is 11.4 Å². The number of oxime groups is 1. The van der Waals surface area contributed by atoms with E-state index in [1.807, 2.05) is 30.6 Å². The molecule has 0 saturated carbocycles. The lowest BCUT2D eigenvalue weighted by Gasteiger charge is -2.31. The molecule has 1 aliphatic heterocycles. The van der Waals surface area contributed by atoms with E-state index in [9.17, 15) is 0 Å². The Labute approximate surface area is 124 Å². The van der Waals surface area contributed by atoms with Gasteiger partial charge in [-0.3, -0.25) is 0 Å². The second kappa shape index (κ2) is 5.16. The third kappa shape index (κ3) is 2.24. The topological polar surface area (TPSA) is 79.7 Å². The molecule has 1 aromatic heterocycles. The molecule has 104 valence electrons. The van der Waals surface area contributed by atoms with Crippen molar-refractivity contribution in [2.24, 2.45) is 10.9 Å². The predicted octanol–water partition coefficient (Wildman–Crippen LogP) is 1.76. The Balaban J connectivity index is 1.99. The van der Waals surface area contributed by atoms with E-state index >= 15 is 0 Å². The maximum absolute atomic E-state index is 8.94. The summed E-state index contributed by atoms with van der Waals surface area (Å²) in [6, 6.07) is 5.77. The number of benzene rings is 1. The zero-order valence-electron chi connectivity index (χ0n) is 10.7.